The minimum Gasteiger partial charge on any atom is -0.324 e. The molecule has 1 saturated carbocycles. The molecule has 2 rings (SSSR count). The van der Waals surface area contributed by atoms with Crippen LogP contribution in [-0.4, -0.2) is 17.1 Å². The first kappa shape index (κ1) is 11.0. The van der Waals surface area contributed by atoms with Crippen LogP contribution in [0.15, 0.2) is 11.6 Å². The first-order valence-corrected chi connectivity index (χ1v) is 6.53. The van der Waals surface area contributed by atoms with Gasteiger partial charge in [-0.05, 0) is 25.7 Å². The van der Waals surface area contributed by atoms with Crippen LogP contribution in [0, 0.1) is 0 Å². The van der Waals surface area contributed by atoms with Gasteiger partial charge in [-0.15, -0.1) is 11.3 Å². The standard InChI is InChI=1S/C11H19N3S/c1-2-9(10-13-6-7-15-10)14-8-11(12)4-3-5-11/h6-7,9,14H,2-5,8,12H2,1H3. The number of hydrogen-bond acceptors (Lipinski definition) is 4. The monoisotopic (exact) mass is 225 g/mol. The summed E-state index contributed by atoms with van der Waals surface area (Å²) in [6, 6.07) is 0.381. The number of nitrogens with two attached hydrogens (primary N) is 1. The highest BCUT2D eigenvalue weighted by molar-refractivity contribution is 7.09. The first-order chi connectivity index (χ1) is 7.23. The van der Waals surface area contributed by atoms with Gasteiger partial charge in [0.05, 0.1) is 6.04 Å². The molecule has 15 heavy (non-hydrogen) atoms. The van der Waals surface area contributed by atoms with Crippen molar-refractivity contribution in [3.8, 4) is 0 Å². The molecule has 1 aromatic heterocycles. The van der Waals surface area contributed by atoms with E-state index in [1.54, 1.807) is 11.3 Å². The van der Waals surface area contributed by atoms with Gasteiger partial charge in [-0.1, -0.05) is 6.92 Å². The van der Waals surface area contributed by atoms with Crippen LogP contribution in [0.5, 0.6) is 0 Å². The predicted molar refractivity (Wildman–Crippen MR) is 63.9 cm³/mol. The smallest absolute Gasteiger partial charge is 0.109 e. The van der Waals surface area contributed by atoms with E-state index in [4.69, 9.17) is 5.73 Å². The maximum Gasteiger partial charge on any atom is 0.109 e. The molecule has 0 aliphatic heterocycles. The molecule has 3 nitrogen and oxygen atoms in total. The van der Waals surface area contributed by atoms with E-state index in [1.165, 1.54) is 11.4 Å². The number of thiazole rings is 1. The Kier molecular flexibility index (Phi) is 3.38. The van der Waals surface area contributed by atoms with Crippen LogP contribution >= 0.6 is 11.3 Å². The van der Waals surface area contributed by atoms with E-state index in [0.29, 0.717) is 6.04 Å². The Balaban J connectivity index is 1.86. The Hall–Kier alpha value is -0.450. The van der Waals surface area contributed by atoms with Crippen LogP contribution in [0.25, 0.3) is 0 Å². The highest BCUT2D eigenvalue weighted by atomic mass is 32.1. The van der Waals surface area contributed by atoms with Crippen LogP contribution in [0.4, 0.5) is 0 Å². The molecule has 3 N–H and O–H groups in total. The van der Waals surface area contributed by atoms with Gasteiger partial charge in [-0.3, -0.25) is 0 Å². The van der Waals surface area contributed by atoms with Gasteiger partial charge in [0.2, 0.25) is 0 Å². The van der Waals surface area contributed by atoms with Gasteiger partial charge in [-0.25, -0.2) is 4.98 Å². The highest BCUT2D eigenvalue weighted by Gasteiger charge is 2.32. The Morgan fingerprint density at radius 3 is 2.93 bits per heavy atom. The summed E-state index contributed by atoms with van der Waals surface area (Å²) in [5, 5.41) is 6.75. The van der Waals surface area contributed by atoms with Gasteiger partial charge in [0.1, 0.15) is 5.01 Å². The third-order valence-corrected chi connectivity index (χ3v) is 4.10. The zero-order valence-electron chi connectivity index (χ0n) is 9.20. The Bertz CT molecular complexity index is 293. The minimum absolute atomic E-state index is 0.0602. The van der Waals surface area contributed by atoms with Crippen molar-refractivity contribution in [1.29, 1.82) is 0 Å². The molecule has 0 spiro atoms. The molecule has 0 radical (unpaired) electrons. The largest absolute Gasteiger partial charge is 0.324 e. The van der Waals surface area contributed by atoms with Crippen molar-refractivity contribution in [3.05, 3.63) is 16.6 Å². The number of rotatable bonds is 5. The Labute approximate surface area is 95.1 Å². The van der Waals surface area contributed by atoms with Crippen LogP contribution in [0.1, 0.15) is 43.7 Å². The molecule has 1 aliphatic rings. The normalized spacial score (nSPS) is 20.9. The summed E-state index contributed by atoms with van der Waals surface area (Å²) in [6.07, 6.45) is 6.55. The molecule has 0 bridgehead atoms. The summed E-state index contributed by atoms with van der Waals surface area (Å²) in [7, 11) is 0. The molecule has 1 heterocycles. The molecule has 4 heteroatoms. The summed E-state index contributed by atoms with van der Waals surface area (Å²) < 4.78 is 0. The fourth-order valence-electron chi connectivity index (χ4n) is 1.95. The van der Waals surface area contributed by atoms with Crippen LogP contribution < -0.4 is 11.1 Å². The molecule has 84 valence electrons. The molecule has 0 amide bonds. The third kappa shape index (κ3) is 2.56. The fourth-order valence-corrected chi connectivity index (χ4v) is 2.74. The zero-order chi connectivity index (χ0) is 10.7. The number of nitrogens with one attached hydrogen (secondary N) is 1. The molecule has 1 fully saturated rings. The van der Waals surface area contributed by atoms with Crippen molar-refractivity contribution in [2.24, 2.45) is 5.73 Å². The second-order valence-corrected chi connectivity index (χ2v) is 5.35. The van der Waals surface area contributed by atoms with E-state index in [-0.39, 0.29) is 5.54 Å². The average molecular weight is 225 g/mol. The molecule has 1 atom stereocenters. The summed E-state index contributed by atoms with van der Waals surface area (Å²) in [4.78, 5) is 4.35. The van der Waals surface area contributed by atoms with Crippen LogP contribution in [0.3, 0.4) is 0 Å². The van der Waals surface area contributed by atoms with Gasteiger partial charge < -0.3 is 11.1 Å². The van der Waals surface area contributed by atoms with E-state index in [1.807, 2.05) is 11.6 Å². The SMILES string of the molecule is CCC(NCC1(N)CCC1)c1nccs1. The number of aromatic nitrogens is 1. The van der Waals surface area contributed by atoms with E-state index >= 15 is 0 Å². The Morgan fingerprint density at radius 1 is 1.67 bits per heavy atom. The molecule has 1 aromatic rings. The average Bonchev–Trinajstić information content (AvgIpc) is 2.69. The van der Waals surface area contributed by atoms with Crippen molar-refractivity contribution in [2.75, 3.05) is 6.54 Å². The highest BCUT2D eigenvalue weighted by Crippen LogP contribution is 2.29. The predicted octanol–water partition coefficient (Wildman–Crippen LogP) is 2.07. The van der Waals surface area contributed by atoms with Crippen LogP contribution in [0.2, 0.25) is 0 Å². The number of nitrogens with zero attached hydrogens (tertiary/aromatic N) is 1. The first-order valence-electron chi connectivity index (χ1n) is 5.65. The van der Waals surface area contributed by atoms with Crippen LogP contribution in [-0.2, 0) is 0 Å². The summed E-state index contributed by atoms with van der Waals surface area (Å²) >= 11 is 1.72. The molecule has 0 saturated heterocycles. The quantitative estimate of drug-likeness (QED) is 0.806. The van der Waals surface area contributed by atoms with Gasteiger partial charge >= 0.3 is 0 Å². The molecule has 0 aromatic carbocycles. The van der Waals surface area contributed by atoms with Crippen molar-refractivity contribution >= 4 is 11.3 Å². The second kappa shape index (κ2) is 4.60. The Morgan fingerprint density at radius 2 is 2.47 bits per heavy atom. The van der Waals surface area contributed by atoms with Gasteiger partial charge in [-0.2, -0.15) is 0 Å². The summed E-state index contributed by atoms with van der Waals surface area (Å²) in [5.41, 5.74) is 6.24. The van der Waals surface area contributed by atoms with E-state index in [2.05, 4.69) is 17.2 Å². The summed E-state index contributed by atoms with van der Waals surface area (Å²) in [6.45, 7) is 3.11. The molecular formula is C11H19N3S. The molecular weight excluding hydrogens is 206 g/mol. The minimum atomic E-state index is 0.0602. The topological polar surface area (TPSA) is 50.9 Å². The maximum absolute atomic E-state index is 6.18. The maximum atomic E-state index is 6.18. The van der Waals surface area contributed by atoms with E-state index in [9.17, 15) is 0 Å². The molecule has 1 unspecified atom stereocenters. The van der Waals surface area contributed by atoms with Crippen molar-refractivity contribution in [2.45, 2.75) is 44.2 Å². The van der Waals surface area contributed by atoms with Gasteiger partial charge in [0.15, 0.2) is 0 Å². The summed E-state index contributed by atoms with van der Waals surface area (Å²) in [5.74, 6) is 0. The van der Waals surface area contributed by atoms with Crippen molar-refractivity contribution in [3.63, 3.8) is 0 Å². The van der Waals surface area contributed by atoms with E-state index in [0.717, 1.165) is 25.8 Å². The number of hydrogen-bond donors (Lipinski definition) is 2. The molecule has 1 aliphatic carbocycles. The third-order valence-electron chi connectivity index (χ3n) is 3.21. The lowest BCUT2D eigenvalue weighted by atomic mass is 9.77. The second-order valence-electron chi connectivity index (χ2n) is 4.43. The lowest BCUT2D eigenvalue weighted by molar-refractivity contribution is 0.229. The van der Waals surface area contributed by atoms with Crippen molar-refractivity contribution in [1.82, 2.24) is 10.3 Å². The lowest BCUT2D eigenvalue weighted by Gasteiger charge is -2.39. The van der Waals surface area contributed by atoms with Gasteiger partial charge in [0, 0.05) is 23.7 Å². The van der Waals surface area contributed by atoms with Gasteiger partial charge in [0.25, 0.3) is 0 Å². The van der Waals surface area contributed by atoms with E-state index < -0.39 is 0 Å². The van der Waals surface area contributed by atoms with Crippen molar-refractivity contribution < 1.29 is 0 Å². The fraction of sp³-hybridized carbons (Fsp3) is 0.727. The zero-order valence-corrected chi connectivity index (χ0v) is 10.0. The lowest BCUT2D eigenvalue weighted by Crippen LogP contribution is -2.54.